The van der Waals surface area contributed by atoms with Crippen molar-refractivity contribution in [3.63, 3.8) is 0 Å². The summed E-state index contributed by atoms with van der Waals surface area (Å²) in [6.45, 7) is 13.8. The van der Waals surface area contributed by atoms with Crippen LogP contribution in [0.5, 0.6) is 11.5 Å². The van der Waals surface area contributed by atoms with Crippen molar-refractivity contribution in [1.82, 2.24) is 4.57 Å². The van der Waals surface area contributed by atoms with Crippen LogP contribution in [0.2, 0.25) is 0 Å². The van der Waals surface area contributed by atoms with Gasteiger partial charge in [0.15, 0.2) is 0 Å². The predicted octanol–water partition coefficient (Wildman–Crippen LogP) is 20.4. The molecule has 86 heavy (non-hydrogen) atoms. The topological polar surface area (TPSA) is 17.4 Å². The van der Waals surface area contributed by atoms with E-state index in [1.807, 2.05) is 0 Å². The molecule has 4 heteroatoms. The summed E-state index contributed by atoms with van der Waals surface area (Å²) in [5.41, 5.74) is 24.3. The van der Waals surface area contributed by atoms with Crippen molar-refractivity contribution < 1.29 is 4.74 Å². The molecule has 0 fully saturated rings. The van der Waals surface area contributed by atoms with Crippen LogP contribution in [-0.4, -0.2) is 11.3 Å². The Morgan fingerprint density at radius 3 is 1.34 bits per heavy atom. The summed E-state index contributed by atoms with van der Waals surface area (Å²) in [6, 6.07) is 102. The lowest BCUT2D eigenvalue weighted by Crippen LogP contribution is -2.59. The molecule has 0 N–H and O–H groups in total. The summed E-state index contributed by atoms with van der Waals surface area (Å²) in [5, 5.41) is 7.40. The van der Waals surface area contributed by atoms with Crippen molar-refractivity contribution >= 4 is 83.5 Å². The summed E-state index contributed by atoms with van der Waals surface area (Å²) < 4.78 is 9.93. The van der Waals surface area contributed by atoms with Crippen LogP contribution in [0.1, 0.15) is 52.7 Å². The summed E-state index contributed by atoms with van der Waals surface area (Å²) >= 11 is 0. The van der Waals surface area contributed by atoms with Crippen LogP contribution in [0.4, 0.5) is 17.1 Å². The molecular weight excluding hydrogens is 1040 g/mol. The molecule has 0 saturated heterocycles. The van der Waals surface area contributed by atoms with Gasteiger partial charge in [0.1, 0.15) is 11.5 Å². The minimum Gasteiger partial charge on any atom is -0.458 e. The summed E-state index contributed by atoms with van der Waals surface area (Å²) in [5.74, 6) is 1.76. The molecule has 3 heterocycles. The highest BCUT2D eigenvalue weighted by Gasteiger charge is 2.44. The zero-order valence-corrected chi connectivity index (χ0v) is 49.4. The Hall–Kier alpha value is -10.2. The number of benzene rings is 13. The Kier molecular flexibility index (Phi) is 11.8. The van der Waals surface area contributed by atoms with Crippen LogP contribution in [0.3, 0.4) is 0 Å². The number of aromatic nitrogens is 1. The first-order valence-electron chi connectivity index (χ1n) is 30.3. The Balaban J connectivity index is 1.00. The molecule has 0 saturated carbocycles. The summed E-state index contributed by atoms with van der Waals surface area (Å²) in [7, 11) is 0. The monoisotopic (exact) mass is 1100 g/mol. The van der Waals surface area contributed by atoms with Gasteiger partial charge < -0.3 is 14.2 Å². The van der Waals surface area contributed by atoms with Crippen LogP contribution in [0.25, 0.3) is 105 Å². The normalized spacial score (nSPS) is 12.8. The van der Waals surface area contributed by atoms with E-state index >= 15 is 0 Å². The molecule has 2 aliphatic heterocycles. The van der Waals surface area contributed by atoms with E-state index in [1.54, 1.807) is 0 Å². The van der Waals surface area contributed by atoms with E-state index in [9.17, 15) is 0 Å². The molecule has 14 aromatic rings. The average Bonchev–Trinajstić information content (AvgIpc) is 0.995. The van der Waals surface area contributed by atoms with Gasteiger partial charge in [0.2, 0.25) is 0 Å². The maximum absolute atomic E-state index is 7.53. The first-order valence-corrected chi connectivity index (χ1v) is 30.3. The zero-order chi connectivity index (χ0) is 58.0. The van der Waals surface area contributed by atoms with Crippen molar-refractivity contribution in [2.75, 3.05) is 4.90 Å². The molecule has 410 valence electrons. The number of nitrogens with zero attached hydrogens (tertiary/aromatic N) is 2. The lowest BCUT2D eigenvalue weighted by molar-refractivity contribution is 0.483. The van der Waals surface area contributed by atoms with Crippen LogP contribution in [0, 0.1) is 0 Å². The van der Waals surface area contributed by atoms with Crippen molar-refractivity contribution in [1.29, 1.82) is 0 Å². The number of hydrogen-bond donors (Lipinski definition) is 0. The minimum absolute atomic E-state index is 0.148. The van der Waals surface area contributed by atoms with Gasteiger partial charge >= 0.3 is 0 Å². The number of rotatable bonds is 7. The molecule has 0 amide bonds. The first-order chi connectivity index (χ1) is 41.9. The van der Waals surface area contributed by atoms with E-state index in [1.165, 1.54) is 98.8 Å². The second kappa shape index (κ2) is 19.7. The standard InChI is InChI=1S/C82H63BN2O/c1-81(2,3)58-47-66(52-25-11-7-12-26-52)80(67(48-58)53-27-13-8-14-28-53)85-73-46-57(56-39-42-65-68(45-56)78(55-31-17-10-18-32-55)64-36-20-19-35-63(64)77(65)54-29-15-9-16-30-54)40-43-69(73)83-70-44-41-60(84-71-37-23-21-33-61(71)62-34-22-24-38-72(62)84)51-75(70)86-76-50-59(82(4,5)6)49-74(85)79(76)83/h7-51H,1-6H3. The molecule has 16 rings (SSSR count). The fourth-order valence-corrected chi connectivity index (χ4v) is 14.1. The number of para-hydroxylation sites is 2. The Bertz CT molecular complexity index is 4920. The van der Waals surface area contributed by atoms with Crippen LogP contribution in [0.15, 0.2) is 273 Å². The largest absolute Gasteiger partial charge is 0.458 e. The molecular formula is C82H63BN2O. The van der Waals surface area contributed by atoms with Crippen molar-refractivity contribution in [3.05, 3.63) is 284 Å². The first kappa shape index (κ1) is 51.5. The van der Waals surface area contributed by atoms with Gasteiger partial charge in [-0.15, -0.1) is 0 Å². The van der Waals surface area contributed by atoms with Gasteiger partial charge in [-0.3, -0.25) is 0 Å². The Morgan fingerprint density at radius 1 is 0.326 bits per heavy atom. The van der Waals surface area contributed by atoms with Gasteiger partial charge in [-0.25, -0.2) is 0 Å². The molecule has 13 aromatic carbocycles. The zero-order valence-electron chi connectivity index (χ0n) is 49.4. The average molecular weight is 1100 g/mol. The summed E-state index contributed by atoms with van der Waals surface area (Å²) in [6.07, 6.45) is 0. The lowest BCUT2D eigenvalue weighted by Gasteiger charge is -2.43. The van der Waals surface area contributed by atoms with Crippen LogP contribution in [-0.2, 0) is 10.8 Å². The van der Waals surface area contributed by atoms with Crippen molar-refractivity contribution in [2.24, 2.45) is 0 Å². The molecule has 0 aliphatic carbocycles. The van der Waals surface area contributed by atoms with E-state index in [2.05, 4.69) is 324 Å². The third kappa shape index (κ3) is 8.26. The van der Waals surface area contributed by atoms with Crippen LogP contribution < -0.4 is 26.0 Å². The Morgan fingerprint density at radius 2 is 0.779 bits per heavy atom. The maximum atomic E-state index is 7.53. The fraction of sp³-hybridized carbons (Fsp3) is 0.0976. The maximum Gasteiger partial charge on any atom is 0.256 e. The van der Waals surface area contributed by atoms with Gasteiger partial charge in [-0.1, -0.05) is 254 Å². The molecule has 0 spiro atoms. The molecule has 3 nitrogen and oxygen atoms in total. The quantitative estimate of drug-likeness (QED) is 0.117. The highest BCUT2D eigenvalue weighted by Crippen LogP contribution is 2.53. The molecule has 0 atom stereocenters. The number of ether oxygens (including phenoxy) is 1. The molecule has 0 unspecified atom stereocenters. The van der Waals surface area contributed by atoms with Gasteiger partial charge in [0.05, 0.1) is 16.7 Å². The molecule has 0 radical (unpaired) electrons. The minimum atomic E-state index is -0.228. The highest BCUT2D eigenvalue weighted by molar-refractivity contribution is 6.99. The van der Waals surface area contributed by atoms with E-state index in [4.69, 9.17) is 4.74 Å². The van der Waals surface area contributed by atoms with E-state index in [0.29, 0.717) is 0 Å². The van der Waals surface area contributed by atoms with Crippen molar-refractivity contribution in [3.8, 4) is 72.8 Å². The second-order valence-electron chi connectivity index (χ2n) is 25.6. The highest BCUT2D eigenvalue weighted by atomic mass is 16.5. The SMILES string of the molecule is CC(C)(C)c1cc(-c2ccccc2)c(N2c3cc(-c4ccc5c(-c6ccccc6)c6ccccc6c(-c6ccccc6)c5c4)ccc3B3c4ccc(-n5c6ccccc6c6ccccc65)cc4Oc4cc(C(C)(C)C)cc2c43)c(-c2ccccc2)c1. The third-order valence-electron chi connectivity index (χ3n) is 18.3. The second-order valence-corrected chi connectivity index (χ2v) is 25.6. The number of anilines is 3. The van der Waals surface area contributed by atoms with Gasteiger partial charge in [-0.2, -0.15) is 0 Å². The number of fused-ring (bicyclic) bond motifs is 9. The molecule has 1 aromatic heterocycles. The predicted molar refractivity (Wildman–Crippen MR) is 366 cm³/mol. The lowest BCUT2D eigenvalue weighted by atomic mass is 9.34. The smallest absolute Gasteiger partial charge is 0.256 e. The van der Waals surface area contributed by atoms with E-state index < -0.39 is 0 Å². The fourth-order valence-electron chi connectivity index (χ4n) is 14.1. The van der Waals surface area contributed by atoms with Gasteiger partial charge in [0.25, 0.3) is 6.71 Å². The Labute approximate surface area is 504 Å². The van der Waals surface area contributed by atoms with Gasteiger partial charge in [-0.05, 0) is 159 Å². The van der Waals surface area contributed by atoms with Gasteiger partial charge in [0, 0.05) is 45.0 Å². The van der Waals surface area contributed by atoms with E-state index in [-0.39, 0.29) is 17.5 Å². The third-order valence-corrected chi connectivity index (χ3v) is 18.3. The molecule has 2 aliphatic rings. The van der Waals surface area contributed by atoms with E-state index in [0.717, 1.165) is 62.0 Å². The van der Waals surface area contributed by atoms with Crippen LogP contribution >= 0.6 is 0 Å². The summed E-state index contributed by atoms with van der Waals surface area (Å²) in [4.78, 5) is 2.64. The molecule has 0 bridgehead atoms. The number of hydrogen-bond acceptors (Lipinski definition) is 2. The van der Waals surface area contributed by atoms with Crippen molar-refractivity contribution in [2.45, 2.75) is 52.4 Å².